The van der Waals surface area contributed by atoms with Crippen molar-refractivity contribution < 1.29 is 5.11 Å². The number of fused-ring (bicyclic) bond motifs is 5. The summed E-state index contributed by atoms with van der Waals surface area (Å²) in [6.45, 7) is 6.37. The van der Waals surface area contributed by atoms with E-state index >= 15 is 0 Å². The maximum Gasteiger partial charge on any atom is 0.111 e. The second-order valence-electron chi connectivity index (χ2n) is 9.51. The van der Waals surface area contributed by atoms with Crippen molar-refractivity contribution in [2.24, 2.45) is 33.0 Å². The van der Waals surface area contributed by atoms with Crippen molar-refractivity contribution in [1.29, 1.82) is 0 Å². The molecule has 0 spiro atoms. The third kappa shape index (κ3) is 2.12. The van der Waals surface area contributed by atoms with Crippen molar-refractivity contribution in [3.05, 3.63) is 33.1 Å². The maximum absolute atomic E-state index is 12.0. The molecule has 5 nitrogen and oxygen atoms in total. The van der Waals surface area contributed by atoms with Crippen LogP contribution in [0.15, 0.2) is 33.7 Å². The van der Waals surface area contributed by atoms with Gasteiger partial charge in [-0.25, -0.2) is 0 Å². The van der Waals surface area contributed by atoms with E-state index in [-0.39, 0.29) is 28.8 Å². The van der Waals surface area contributed by atoms with Crippen LogP contribution in [0.4, 0.5) is 0 Å². The van der Waals surface area contributed by atoms with Crippen LogP contribution >= 0.6 is 0 Å². The van der Waals surface area contributed by atoms with E-state index in [1.165, 1.54) is 11.1 Å². The fourth-order valence-corrected chi connectivity index (χ4v) is 7.04. The molecule has 0 heterocycles. The fourth-order valence-electron chi connectivity index (χ4n) is 7.04. The van der Waals surface area contributed by atoms with E-state index in [2.05, 4.69) is 30.3 Å². The molecule has 1 N–H and O–H groups in total. The van der Waals surface area contributed by atoms with Gasteiger partial charge in [-0.05, 0) is 74.7 Å². The van der Waals surface area contributed by atoms with Gasteiger partial charge in [0.1, 0.15) is 12.1 Å². The Morgan fingerprint density at radius 3 is 2.62 bits per heavy atom. The third-order valence-electron chi connectivity index (χ3n) is 8.66. The summed E-state index contributed by atoms with van der Waals surface area (Å²) in [5.41, 5.74) is 1.42. The summed E-state index contributed by atoms with van der Waals surface area (Å²) >= 11 is 0. The molecule has 4 aliphatic carbocycles. The van der Waals surface area contributed by atoms with E-state index in [9.17, 15) is 14.9 Å². The van der Waals surface area contributed by atoms with Gasteiger partial charge in [0.2, 0.25) is 0 Å². The smallest absolute Gasteiger partial charge is 0.111 e. The molecule has 0 aromatic rings. The zero-order valence-corrected chi connectivity index (χ0v) is 16.1. The molecule has 0 amide bonds. The lowest BCUT2D eigenvalue weighted by atomic mass is 9.44. The molecule has 142 valence electrons. The van der Waals surface area contributed by atoms with Crippen LogP contribution in [-0.2, 0) is 0 Å². The number of nitroso groups, excluding NO2 is 2. The van der Waals surface area contributed by atoms with Gasteiger partial charge in [0.15, 0.2) is 0 Å². The van der Waals surface area contributed by atoms with E-state index < -0.39 is 5.60 Å². The summed E-state index contributed by atoms with van der Waals surface area (Å²) in [4.78, 5) is 22.2. The summed E-state index contributed by atoms with van der Waals surface area (Å²) < 4.78 is 0. The first kappa shape index (κ1) is 18.0. The highest BCUT2D eigenvalue weighted by Crippen LogP contribution is 2.67. The van der Waals surface area contributed by atoms with Crippen LogP contribution in [-0.4, -0.2) is 22.8 Å². The molecule has 4 aliphatic rings. The standard InChI is InChI=1S/C21H30N2O3/c1-13(22-25)16-6-7-17-18-5-4-14-12-15(23-26)8-9-20(14,3)21(18,24)11-10-19(16,17)2/h6,12-13,15,17-18,24H,4-5,7-11H2,1-3H3/t13?,15?,17-,18-,19+,20-,21+/m0/s1. The second kappa shape index (κ2) is 5.82. The zero-order valence-electron chi connectivity index (χ0n) is 16.1. The van der Waals surface area contributed by atoms with Gasteiger partial charge in [0.25, 0.3) is 0 Å². The molecule has 4 rings (SSSR count). The van der Waals surface area contributed by atoms with Gasteiger partial charge in [-0.3, -0.25) is 0 Å². The molecule has 7 atom stereocenters. The Labute approximate surface area is 155 Å². The number of hydrogen-bond donors (Lipinski definition) is 1. The molecule has 2 unspecified atom stereocenters. The maximum atomic E-state index is 12.0. The molecular formula is C21H30N2O3. The summed E-state index contributed by atoms with van der Waals surface area (Å²) in [6.07, 6.45) is 10.3. The highest BCUT2D eigenvalue weighted by atomic mass is 16.3. The Hall–Kier alpha value is -1.36. The molecule has 0 aliphatic heterocycles. The Morgan fingerprint density at radius 2 is 1.92 bits per heavy atom. The van der Waals surface area contributed by atoms with Crippen molar-refractivity contribution >= 4 is 0 Å². The first-order valence-electron chi connectivity index (χ1n) is 10.1. The highest BCUT2D eigenvalue weighted by Gasteiger charge is 2.64. The monoisotopic (exact) mass is 358 g/mol. The van der Waals surface area contributed by atoms with E-state index in [0.29, 0.717) is 5.92 Å². The molecular weight excluding hydrogens is 328 g/mol. The number of hydrogen-bond acceptors (Lipinski definition) is 5. The summed E-state index contributed by atoms with van der Waals surface area (Å²) in [6, 6.07) is -0.508. The number of aliphatic hydroxyl groups is 1. The van der Waals surface area contributed by atoms with Gasteiger partial charge in [0.05, 0.1) is 5.60 Å². The second-order valence-corrected chi connectivity index (χ2v) is 9.51. The molecule has 26 heavy (non-hydrogen) atoms. The van der Waals surface area contributed by atoms with Crippen molar-refractivity contribution in [3.63, 3.8) is 0 Å². The van der Waals surface area contributed by atoms with Crippen LogP contribution in [0.5, 0.6) is 0 Å². The lowest BCUT2D eigenvalue weighted by molar-refractivity contribution is -0.185. The minimum atomic E-state index is -0.726. The molecule has 0 bridgehead atoms. The van der Waals surface area contributed by atoms with Crippen LogP contribution in [0.1, 0.15) is 65.7 Å². The van der Waals surface area contributed by atoms with Gasteiger partial charge in [-0.1, -0.05) is 41.9 Å². The first-order chi connectivity index (χ1) is 12.3. The largest absolute Gasteiger partial charge is 0.389 e. The number of rotatable bonds is 3. The van der Waals surface area contributed by atoms with Crippen LogP contribution in [0.2, 0.25) is 0 Å². The Kier molecular flexibility index (Phi) is 4.03. The van der Waals surface area contributed by atoms with Crippen LogP contribution in [0.25, 0.3) is 0 Å². The first-order valence-corrected chi connectivity index (χ1v) is 10.1. The third-order valence-corrected chi connectivity index (χ3v) is 8.66. The Bertz CT molecular complexity index is 701. The van der Waals surface area contributed by atoms with Crippen LogP contribution in [0.3, 0.4) is 0 Å². The predicted octanol–water partition coefficient (Wildman–Crippen LogP) is 4.89. The van der Waals surface area contributed by atoms with Gasteiger partial charge in [-0.2, -0.15) is 9.81 Å². The van der Waals surface area contributed by atoms with Crippen LogP contribution < -0.4 is 0 Å². The normalized spacial score (nSPS) is 48.4. The van der Waals surface area contributed by atoms with E-state index in [1.54, 1.807) is 0 Å². The van der Waals surface area contributed by atoms with Crippen molar-refractivity contribution in [2.45, 2.75) is 83.4 Å². The van der Waals surface area contributed by atoms with E-state index in [0.717, 1.165) is 44.9 Å². The van der Waals surface area contributed by atoms with E-state index in [1.807, 2.05) is 13.0 Å². The molecule has 5 heteroatoms. The minimum Gasteiger partial charge on any atom is -0.389 e. The Balaban J connectivity index is 1.70. The van der Waals surface area contributed by atoms with E-state index in [4.69, 9.17) is 0 Å². The highest BCUT2D eigenvalue weighted by molar-refractivity contribution is 5.35. The average Bonchev–Trinajstić information content (AvgIpc) is 2.98. The van der Waals surface area contributed by atoms with Gasteiger partial charge >= 0.3 is 0 Å². The average molecular weight is 358 g/mol. The fraction of sp³-hybridized carbons (Fsp3) is 0.810. The molecule has 0 aromatic heterocycles. The summed E-state index contributed by atoms with van der Waals surface area (Å²) in [5, 5.41) is 18.5. The van der Waals surface area contributed by atoms with Crippen molar-refractivity contribution in [1.82, 2.24) is 0 Å². The summed E-state index contributed by atoms with van der Waals surface area (Å²) in [7, 11) is 0. The number of allylic oxidation sites excluding steroid dienone is 1. The number of nitrogens with zero attached hydrogens (tertiary/aromatic N) is 2. The van der Waals surface area contributed by atoms with Gasteiger partial charge in [0, 0.05) is 5.41 Å². The lowest BCUT2D eigenvalue weighted by Crippen LogP contribution is -2.63. The quantitative estimate of drug-likeness (QED) is 0.576. The predicted molar refractivity (Wildman–Crippen MR) is 101 cm³/mol. The van der Waals surface area contributed by atoms with Gasteiger partial charge in [-0.15, -0.1) is 0 Å². The lowest BCUT2D eigenvalue weighted by Gasteiger charge is -2.63. The molecule has 2 saturated carbocycles. The summed E-state index contributed by atoms with van der Waals surface area (Å²) in [5.74, 6) is 0.609. The van der Waals surface area contributed by atoms with Crippen molar-refractivity contribution in [3.8, 4) is 0 Å². The SMILES string of the molecule is CC(N=O)C1=CC[C@H]2[C@@H]3CCC4=CC(N=O)CC[C@]4(C)[C@@]3(O)CC[C@]12C. The minimum absolute atomic E-state index is 0.0244. The van der Waals surface area contributed by atoms with Crippen LogP contribution in [0, 0.1) is 32.5 Å². The molecule has 0 aromatic carbocycles. The molecule has 0 radical (unpaired) electrons. The molecule has 0 saturated heterocycles. The topological polar surface area (TPSA) is 79.1 Å². The molecule has 2 fully saturated rings. The van der Waals surface area contributed by atoms with Crippen molar-refractivity contribution in [2.75, 3.05) is 0 Å². The van der Waals surface area contributed by atoms with Gasteiger partial charge < -0.3 is 5.11 Å². The zero-order chi connectivity index (χ0) is 18.7. The Morgan fingerprint density at radius 1 is 1.15 bits per heavy atom.